The zero-order valence-corrected chi connectivity index (χ0v) is 9.88. The summed E-state index contributed by atoms with van der Waals surface area (Å²) < 4.78 is 0. The first-order chi connectivity index (χ1) is 8.49. The summed E-state index contributed by atoms with van der Waals surface area (Å²) in [7, 11) is 0. The SMILES string of the molecule is Cc1ccc2cc(C(=O)C(N)C(=O)O)ccc2c1. The number of rotatable bonds is 3. The van der Waals surface area contributed by atoms with Crippen LogP contribution in [-0.2, 0) is 4.79 Å². The number of nitrogens with two attached hydrogens (primary N) is 1. The van der Waals surface area contributed by atoms with Crippen LogP contribution >= 0.6 is 0 Å². The number of hydrogen-bond donors (Lipinski definition) is 2. The van der Waals surface area contributed by atoms with Gasteiger partial charge >= 0.3 is 5.97 Å². The van der Waals surface area contributed by atoms with Gasteiger partial charge in [0.1, 0.15) is 0 Å². The van der Waals surface area contributed by atoms with E-state index in [1.807, 2.05) is 25.1 Å². The van der Waals surface area contributed by atoms with Gasteiger partial charge in [0.2, 0.25) is 0 Å². The van der Waals surface area contributed by atoms with Gasteiger partial charge in [-0.2, -0.15) is 0 Å². The smallest absolute Gasteiger partial charge is 0.328 e. The standard InChI is InChI=1S/C14H13NO3/c1-8-2-3-10-7-11(5-4-9(10)6-8)13(16)12(15)14(17)18/h2-7,12H,15H2,1H3,(H,17,18). The van der Waals surface area contributed by atoms with Crippen molar-refractivity contribution < 1.29 is 14.7 Å². The lowest BCUT2D eigenvalue weighted by atomic mass is 10.00. The molecule has 1 unspecified atom stereocenters. The van der Waals surface area contributed by atoms with Gasteiger partial charge in [0.25, 0.3) is 0 Å². The van der Waals surface area contributed by atoms with E-state index < -0.39 is 17.8 Å². The van der Waals surface area contributed by atoms with Gasteiger partial charge in [-0.15, -0.1) is 0 Å². The highest BCUT2D eigenvalue weighted by molar-refractivity contribution is 6.12. The van der Waals surface area contributed by atoms with Crippen LogP contribution in [0.3, 0.4) is 0 Å². The Morgan fingerprint density at radius 2 is 1.72 bits per heavy atom. The lowest BCUT2D eigenvalue weighted by Gasteiger charge is -2.07. The highest BCUT2D eigenvalue weighted by Gasteiger charge is 2.22. The number of hydrogen-bond acceptors (Lipinski definition) is 3. The molecule has 0 aliphatic heterocycles. The molecule has 1 atom stereocenters. The Bertz CT molecular complexity index is 634. The van der Waals surface area contributed by atoms with Crippen LogP contribution in [0.4, 0.5) is 0 Å². The van der Waals surface area contributed by atoms with Crippen molar-refractivity contribution in [2.24, 2.45) is 5.73 Å². The van der Waals surface area contributed by atoms with Crippen LogP contribution in [-0.4, -0.2) is 22.9 Å². The number of carbonyl (C=O) groups is 2. The average Bonchev–Trinajstić information content (AvgIpc) is 2.36. The molecule has 18 heavy (non-hydrogen) atoms. The zero-order valence-electron chi connectivity index (χ0n) is 9.88. The molecule has 0 aliphatic carbocycles. The normalized spacial score (nSPS) is 12.3. The van der Waals surface area contributed by atoms with Crippen molar-refractivity contribution >= 4 is 22.5 Å². The largest absolute Gasteiger partial charge is 0.480 e. The Hall–Kier alpha value is -2.20. The minimum Gasteiger partial charge on any atom is -0.480 e. The first-order valence-electron chi connectivity index (χ1n) is 5.52. The second-order valence-electron chi connectivity index (χ2n) is 4.25. The lowest BCUT2D eigenvalue weighted by Crippen LogP contribution is -2.38. The van der Waals surface area contributed by atoms with Crippen molar-refractivity contribution in [3.05, 3.63) is 47.5 Å². The molecule has 0 saturated carbocycles. The minimum atomic E-state index is -1.51. The molecular weight excluding hydrogens is 230 g/mol. The molecule has 0 heterocycles. The molecule has 92 valence electrons. The van der Waals surface area contributed by atoms with Crippen LogP contribution in [0.25, 0.3) is 10.8 Å². The van der Waals surface area contributed by atoms with E-state index in [9.17, 15) is 9.59 Å². The second-order valence-corrected chi connectivity index (χ2v) is 4.25. The Morgan fingerprint density at radius 1 is 1.11 bits per heavy atom. The van der Waals surface area contributed by atoms with Crippen molar-refractivity contribution in [3.8, 4) is 0 Å². The summed E-state index contributed by atoms with van der Waals surface area (Å²) in [5, 5.41) is 10.6. The van der Waals surface area contributed by atoms with Crippen LogP contribution in [0.5, 0.6) is 0 Å². The van der Waals surface area contributed by atoms with E-state index in [0.29, 0.717) is 5.56 Å². The Morgan fingerprint density at radius 3 is 2.39 bits per heavy atom. The van der Waals surface area contributed by atoms with Crippen molar-refractivity contribution in [1.29, 1.82) is 0 Å². The summed E-state index contributed by atoms with van der Waals surface area (Å²) in [4.78, 5) is 22.5. The number of aliphatic carboxylic acids is 1. The van der Waals surface area contributed by atoms with E-state index in [-0.39, 0.29) is 0 Å². The lowest BCUT2D eigenvalue weighted by molar-refractivity contribution is -0.137. The average molecular weight is 243 g/mol. The molecule has 0 bridgehead atoms. The van der Waals surface area contributed by atoms with Gasteiger partial charge in [-0.05, 0) is 23.8 Å². The quantitative estimate of drug-likeness (QED) is 0.635. The highest BCUT2D eigenvalue weighted by atomic mass is 16.4. The molecule has 0 radical (unpaired) electrons. The molecule has 2 aromatic rings. The van der Waals surface area contributed by atoms with Gasteiger partial charge in [0.05, 0.1) is 0 Å². The fraction of sp³-hybridized carbons (Fsp3) is 0.143. The molecule has 4 heteroatoms. The fourth-order valence-electron chi connectivity index (χ4n) is 1.81. The van der Waals surface area contributed by atoms with E-state index in [1.54, 1.807) is 18.2 Å². The third-order valence-corrected chi connectivity index (χ3v) is 2.83. The summed E-state index contributed by atoms with van der Waals surface area (Å²) in [6, 6.07) is 9.40. The molecule has 0 aliphatic rings. The Labute approximate surface area is 104 Å². The van der Waals surface area contributed by atoms with Crippen LogP contribution in [0.15, 0.2) is 36.4 Å². The molecule has 0 amide bonds. The summed E-state index contributed by atoms with van der Waals surface area (Å²) >= 11 is 0. The predicted octanol–water partition coefficient (Wildman–Crippen LogP) is 1.74. The maximum Gasteiger partial charge on any atom is 0.328 e. The molecule has 2 aromatic carbocycles. The fourth-order valence-corrected chi connectivity index (χ4v) is 1.81. The minimum absolute atomic E-state index is 0.321. The molecule has 0 saturated heterocycles. The molecule has 0 fully saturated rings. The number of Topliss-reactive ketones (excluding diaryl/α,β-unsaturated/α-hetero) is 1. The van der Waals surface area contributed by atoms with Gasteiger partial charge in [0, 0.05) is 5.56 Å². The van der Waals surface area contributed by atoms with Gasteiger partial charge < -0.3 is 10.8 Å². The Balaban J connectivity index is 2.44. The summed E-state index contributed by atoms with van der Waals surface area (Å²) in [5.41, 5.74) is 6.76. The van der Waals surface area contributed by atoms with E-state index in [2.05, 4.69) is 0 Å². The Kier molecular flexibility index (Phi) is 3.12. The topological polar surface area (TPSA) is 80.4 Å². The molecular formula is C14H13NO3. The number of carboxylic acids is 1. The van der Waals surface area contributed by atoms with Gasteiger partial charge in [-0.25, -0.2) is 0 Å². The van der Waals surface area contributed by atoms with Crippen molar-refractivity contribution in [3.63, 3.8) is 0 Å². The predicted molar refractivity (Wildman–Crippen MR) is 68.6 cm³/mol. The van der Waals surface area contributed by atoms with Crippen molar-refractivity contribution in [1.82, 2.24) is 0 Å². The third-order valence-electron chi connectivity index (χ3n) is 2.83. The number of carboxylic acid groups (broad SMARTS) is 1. The third kappa shape index (κ3) is 2.24. The number of ketones is 1. The van der Waals surface area contributed by atoms with Gasteiger partial charge in [-0.3, -0.25) is 9.59 Å². The monoisotopic (exact) mass is 243 g/mol. The van der Waals surface area contributed by atoms with E-state index in [1.165, 1.54) is 0 Å². The maximum atomic E-state index is 11.8. The van der Waals surface area contributed by atoms with E-state index >= 15 is 0 Å². The zero-order chi connectivity index (χ0) is 13.3. The number of benzene rings is 2. The summed E-state index contributed by atoms with van der Waals surface area (Å²) in [6.45, 7) is 1.98. The summed E-state index contributed by atoms with van der Waals surface area (Å²) in [5.74, 6) is -1.89. The molecule has 3 N–H and O–H groups in total. The summed E-state index contributed by atoms with van der Waals surface area (Å²) in [6.07, 6.45) is 0. The van der Waals surface area contributed by atoms with Crippen LogP contribution in [0.2, 0.25) is 0 Å². The number of carbonyl (C=O) groups excluding carboxylic acids is 1. The van der Waals surface area contributed by atoms with Crippen molar-refractivity contribution in [2.75, 3.05) is 0 Å². The first kappa shape index (κ1) is 12.3. The van der Waals surface area contributed by atoms with E-state index in [4.69, 9.17) is 10.8 Å². The molecule has 0 aromatic heterocycles. The number of fused-ring (bicyclic) bond motifs is 1. The van der Waals surface area contributed by atoms with Gasteiger partial charge in [0.15, 0.2) is 11.8 Å². The van der Waals surface area contributed by atoms with Crippen LogP contribution in [0, 0.1) is 6.92 Å². The first-order valence-corrected chi connectivity index (χ1v) is 5.52. The molecule has 2 rings (SSSR count). The maximum absolute atomic E-state index is 11.8. The molecule has 0 spiro atoms. The second kappa shape index (κ2) is 4.58. The van der Waals surface area contributed by atoms with Crippen LogP contribution < -0.4 is 5.73 Å². The molecule has 4 nitrogen and oxygen atoms in total. The van der Waals surface area contributed by atoms with Gasteiger partial charge in [-0.1, -0.05) is 35.9 Å². The van der Waals surface area contributed by atoms with Crippen LogP contribution in [0.1, 0.15) is 15.9 Å². The number of aryl methyl sites for hydroxylation is 1. The van der Waals surface area contributed by atoms with Crippen molar-refractivity contribution in [2.45, 2.75) is 13.0 Å². The highest BCUT2D eigenvalue weighted by Crippen LogP contribution is 2.18. The van der Waals surface area contributed by atoms with E-state index in [0.717, 1.165) is 16.3 Å².